The van der Waals surface area contributed by atoms with E-state index in [4.69, 9.17) is 33.2 Å². The Labute approximate surface area is 493 Å². The van der Waals surface area contributed by atoms with Crippen LogP contribution >= 0.6 is 0 Å². The molecule has 83 heavy (non-hydrogen) atoms. The van der Waals surface area contributed by atoms with Gasteiger partial charge in [0.25, 0.3) is 11.7 Å². The highest BCUT2D eigenvalue weighted by molar-refractivity contribution is 6.39. The number of rotatable bonds is 12. The number of amides is 2. The number of Topliss-reactive ketones (excluding diaryl/α,β-unsaturated/α-hetero) is 3. The SMILES string of the molecule is COCCOc1ccc(CN(C(=O)OC(C)(C)C)C2C[C@@H]3CC[C@@H](C)[C@@](O)(O3)C(=O)C(=O)N3CCCC[C@H]3C(=O)O[C@H]([C@H](C)C[C@@H]3CC[C@@H](O)[C@H](OC)C3)CC(=O)[C@H](C)/C=C(\C)[C@@H](O)[C@@H](OC)C(=O)[C@H](C)C[C@H](C)/C=C/C=C/C=C/2C)cc1. The minimum absolute atomic E-state index is 0.0200. The number of nitrogens with zero attached hydrogens (tertiary/aromatic N) is 2. The molecule has 3 heterocycles. The summed E-state index contributed by atoms with van der Waals surface area (Å²) in [6.07, 6.45) is 9.38. The second-order valence-electron chi connectivity index (χ2n) is 25.0. The van der Waals surface area contributed by atoms with E-state index in [1.54, 1.807) is 73.7 Å². The maximum atomic E-state index is 14.8. The van der Waals surface area contributed by atoms with Gasteiger partial charge in [0.2, 0.25) is 5.79 Å². The van der Waals surface area contributed by atoms with Crippen LogP contribution in [0.2, 0.25) is 0 Å². The van der Waals surface area contributed by atoms with Gasteiger partial charge in [-0.05, 0) is 146 Å². The molecule has 4 aliphatic rings. The number of ether oxygens (including phenoxy) is 7. The summed E-state index contributed by atoms with van der Waals surface area (Å²) in [6.45, 7) is 18.7. The third kappa shape index (κ3) is 19.5. The fourth-order valence-corrected chi connectivity index (χ4v) is 12.0. The molecule has 2 amide bonds. The van der Waals surface area contributed by atoms with Crippen LogP contribution in [0.1, 0.15) is 152 Å². The lowest BCUT2D eigenvalue weighted by Gasteiger charge is -2.44. The quantitative estimate of drug-likeness (QED) is 0.0766. The summed E-state index contributed by atoms with van der Waals surface area (Å²) in [4.78, 5) is 89.9. The number of fused-ring (bicyclic) bond motifs is 3. The van der Waals surface area contributed by atoms with Gasteiger partial charge in [0.05, 0.1) is 31.0 Å². The monoisotopic (exact) mass is 1160 g/mol. The van der Waals surface area contributed by atoms with Gasteiger partial charge < -0.3 is 53.4 Å². The number of cyclic esters (lactones) is 1. The maximum Gasteiger partial charge on any atom is 0.411 e. The van der Waals surface area contributed by atoms with Gasteiger partial charge in [-0.3, -0.25) is 24.1 Å². The van der Waals surface area contributed by atoms with E-state index < -0.39 is 95.5 Å². The molecule has 15 atom stereocenters. The summed E-state index contributed by atoms with van der Waals surface area (Å²) in [5.74, 6) is -8.23. The zero-order chi connectivity index (χ0) is 61.3. The van der Waals surface area contributed by atoms with E-state index >= 15 is 0 Å². The molecule has 0 spiro atoms. The predicted octanol–water partition coefficient (Wildman–Crippen LogP) is 9.00. The fourth-order valence-electron chi connectivity index (χ4n) is 12.0. The lowest BCUT2D eigenvalue weighted by molar-refractivity contribution is -0.264. The van der Waals surface area contributed by atoms with Gasteiger partial charge in [-0.15, -0.1) is 0 Å². The molecular formula is C65H98N2O16. The molecule has 1 unspecified atom stereocenters. The number of aliphatic hydroxyl groups is 3. The van der Waals surface area contributed by atoms with Gasteiger partial charge in [-0.25, -0.2) is 9.59 Å². The minimum atomic E-state index is -2.61. The van der Waals surface area contributed by atoms with Crippen molar-refractivity contribution >= 4 is 35.3 Å². The number of hydrogen-bond donors (Lipinski definition) is 3. The lowest BCUT2D eigenvalue weighted by Crippen LogP contribution is -2.61. The Balaban J connectivity index is 1.57. The van der Waals surface area contributed by atoms with Crippen molar-refractivity contribution < 1.29 is 77.2 Å². The number of hydrogen-bond acceptors (Lipinski definition) is 16. The molecule has 1 aromatic rings. The molecule has 5 rings (SSSR count). The number of ketones is 3. The van der Waals surface area contributed by atoms with E-state index in [1.807, 2.05) is 75.4 Å². The highest BCUT2D eigenvalue weighted by atomic mass is 16.6. The van der Waals surface area contributed by atoms with Crippen LogP contribution in [0.5, 0.6) is 5.75 Å². The van der Waals surface area contributed by atoms with Gasteiger partial charge in [0, 0.05) is 58.6 Å². The zero-order valence-corrected chi connectivity index (χ0v) is 51.7. The average Bonchev–Trinajstić information content (AvgIpc) is 3.53. The largest absolute Gasteiger partial charge is 0.491 e. The van der Waals surface area contributed by atoms with Gasteiger partial charge in [-0.1, -0.05) is 88.8 Å². The number of aliphatic hydroxyl groups excluding tert-OH is 2. The Kier molecular flexibility index (Phi) is 26.4. The van der Waals surface area contributed by atoms with Crippen LogP contribution in [0, 0.1) is 35.5 Å². The number of esters is 1. The maximum absolute atomic E-state index is 14.8. The van der Waals surface area contributed by atoms with Crippen LogP contribution in [0.15, 0.2) is 71.9 Å². The third-order valence-electron chi connectivity index (χ3n) is 17.1. The molecule has 3 aliphatic heterocycles. The molecular weight excluding hydrogens is 1060 g/mol. The second kappa shape index (κ2) is 31.9. The van der Waals surface area contributed by atoms with E-state index in [-0.39, 0.29) is 74.2 Å². The van der Waals surface area contributed by atoms with Gasteiger partial charge in [0.1, 0.15) is 48.1 Å². The zero-order valence-electron chi connectivity index (χ0n) is 51.7. The number of carbonyl (C=O) groups is 6. The summed E-state index contributed by atoms with van der Waals surface area (Å²) < 4.78 is 41.1. The molecule has 1 aliphatic carbocycles. The first-order valence-electron chi connectivity index (χ1n) is 30.1. The molecule has 18 nitrogen and oxygen atoms in total. The molecule has 3 N–H and O–H groups in total. The van der Waals surface area contributed by atoms with E-state index in [9.17, 15) is 44.1 Å². The normalized spacial score (nSPS) is 34.2. The number of carbonyl (C=O) groups excluding carboxylic acids is 6. The molecule has 2 saturated heterocycles. The third-order valence-corrected chi connectivity index (χ3v) is 17.1. The first kappa shape index (κ1) is 68.7. The van der Waals surface area contributed by atoms with Crippen LogP contribution in [0.25, 0.3) is 0 Å². The molecule has 2 bridgehead atoms. The summed E-state index contributed by atoms with van der Waals surface area (Å²) in [5, 5.41) is 34.7. The van der Waals surface area contributed by atoms with Crippen LogP contribution < -0.4 is 4.74 Å². The number of methoxy groups -OCH3 is 3. The molecule has 464 valence electrons. The molecule has 18 heteroatoms. The van der Waals surface area contributed by atoms with Crippen molar-refractivity contribution in [1.29, 1.82) is 0 Å². The standard InChI is InChI=1S/C65H98N2O16/c1-40-19-15-14-16-20-41(2)52(67(63(75)83-64(8,9)10)39-47-23-27-49(28-24-47)80-32-31-77-11)37-50-26-22-46(7)65(76,82-50)60(72)61(73)66-30-18-17-21-51(66)62(74)81-55(43(4)35-48-25-29-53(68)56(36-48)78-12)38-54(69)42(3)34-45(6)58(71)59(79-13)57(70)44(5)33-40/h14-16,19-20,23-24,27-28,34,40,42-44,46,48,50-53,55-56,58-59,68,71,76H,17-18,21-22,25-26,29-33,35-39H2,1-13H3/b16-14+,19-15+,41-20+,45-34+/t40-,42-,43-,44-,46-,48+,50+,51+,52?,53-,55+,56-,58-,59+,65-/m1/s1. The smallest absolute Gasteiger partial charge is 0.411 e. The van der Waals surface area contributed by atoms with Crippen molar-refractivity contribution in [3.05, 3.63) is 77.4 Å². The van der Waals surface area contributed by atoms with Gasteiger partial charge in [0.15, 0.2) is 5.78 Å². The molecule has 1 aromatic carbocycles. The second-order valence-corrected chi connectivity index (χ2v) is 25.0. The Morgan fingerprint density at radius 1 is 0.855 bits per heavy atom. The van der Waals surface area contributed by atoms with Crippen molar-refractivity contribution in [2.45, 2.75) is 213 Å². The average molecular weight is 1160 g/mol. The van der Waals surface area contributed by atoms with E-state index in [0.717, 1.165) is 10.5 Å². The van der Waals surface area contributed by atoms with Crippen molar-refractivity contribution in [3.8, 4) is 5.75 Å². The Bertz CT molecular complexity index is 2450. The topological polar surface area (TPSA) is 234 Å². The van der Waals surface area contributed by atoms with Crippen LogP contribution in [0.4, 0.5) is 4.79 Å². The molecule has 0 radical (unpaired) electrons. The summed E-state index contributed by atoms with van der Waals surface area (Å²) >= 11 is 0. The van der Waals surface area contributed by atoms with E-state index in [2.05, 4.69) is 0 Å². The van der Waals surface area contributed by atoms with Crippen molar-refractivity contribution in [2.24, 2.45) is 35.5 Å². The van der Waals surface area contributed by atoms with Crippen molar-refractivity contribution in [3.63, 3.8) is 0 Å². The first-order chi connectivity index (χ1) is 39.2. The highest BCUT2D eigenvalue weighted by Gasteiger charge is 2.53. The van der Waals surface area contributed by atoms with Crippen LogP contribution in [0.3, 0.4) is 0 Å². The first-order valence-corrected chi connectivity index (χ1v) is 30.1. The van der Waals surface area contributed by atoms with Crippen molar-refractivity contribution in [1.82, 2.24) is 9.80 Å². The molecule has 3 fully saturated rings. The van der Waals surface area contributed by atoms with Crippen LogP contribution in [-0.4, -0.2) is 162 Å². The Morgan fingerprint density at radius 3 is 2.23 bits per heavy atom. The van der Waals surface area contributed by atoms with Crippen molar-refractivity contribution in [2.75, 3.05) is 41.1 Å². The van der Waals surface area contributed by atoms with Gasteiger partial charge >= 0.3 is 12.1 Å². The number of allylic oxidation sites excluding steroid dienone is 6. The lowest BCUT2D eigenvalue weighted by atomic mass is 9.78. The highest BCUT2D eigenvalue weighted by Crippen LogP contribution is 2.39. The summed E-state index contributed by atoms with van der Waals surface area (Å²) in [5.41, 5.74) is 0.946. The van der Waals surface area contributed by atoms with E-state index in [1.165, 1.54) is 7.11 Å². The number of benzene rings is 1. The van der Waals surface area contributed by atoms with Crippen LogP contribution in [-0.2, 0) is 58.9 Å². The summed E-state index contributed by atoms with van der Waals surface area (Å²) in [7, 11) is 4.52. The fraction of sp³-hybridized carbons (Fsp3) is 0.692. The number of piperidine rings is 1. The summed E-state index contributed by atoms with van der Waals surface area (Å²) in [6, 6.07) is 5.36. The molecule has 1 saturated carbocycles. The predicted molar refractivity (Wildman–Crippen MR) is 314 cm³/mol. The Morgan fingerprint density at radius 2 is 1.57 bits per heavy atom. The molecule has 0 aromatic heterocycles. The minimum Gasteiger partial charge on any atom is -0.491 e. The van der Waals surface area contributed by atoms with Gasteiger partial charge in [-0.2, -0.15) is 0 Å². The van der Waals surface area contributed by atoms with E-state index in [0.29, 0.717) is 81.5 Å². The Hall–Kier alpha value is -5.08.